The maximum absolute atomic E-state index is 12.5. The van der Waals surface area contributed by atoms with Crippen molar-refractivity contribution in [2.45, 2.75) is 19.8 Å². The van der Waals surface area contributed by atoms with Crippen molar-refractivity contribution in [3.05, 3.63) is 52.6 Å². The molecule has 2 aromatic carbocycles. The van der Waals surface area contributed by atoms with Gasteiger partial charge < -0.3 is 14.4 Å². The number of ether oxygens (including phenoxy) is 2. The first kappa shape index (κ1) is 19.7. The maximum atomic E-state index is 12.5. The van der Waals surface area contributed by atoms with E-state index in [1.807, 2.05) is 4.90 Å². The molecule has 1 aliphatic rings. The van der Waals surface area contributed by atoms with E-state index in [2.05, 4.69) is 6.92 Å². The van der Waals surface area contributed by atoms with Crippen LogP contribution in [0.2, 0.25) is 0 Å². The molecule has 0 unspecified atom stereocenters. The highest BCUT2D eigenvalue weighted by Gasteiger charge is 2.22. The second-order valence-corrected chi connectivity index (χ2v) is 7.04. The van der Waals surface area contributed by atoms with Crippen LogP contribution in [0, 0.1) is 16.0 Å². The fraction of sp³-hybridized carbons (Fsp3) is 0.381. The molecule has 0 aliphatic carbocycles. The molecular formula is C21H24N2O5. The topological polar surface area (TPSA) is 81.9 Å². The van der Waals surface area contributed by atoms with Crippen LogP contribution >= 0.6 is 0 Å². The summed E-state index contributed by atoms with van der Waals surface area (Å²) in [4.78, 5) is 25.1. The van der Waals surface area contributed by atoms with Crippen LogP contribution in [0.1, 0.15) is 19.8 Å². The molecule has 1 atom stereocenters. The average molecular weight is 384 g/mol. The number of rotatable bonds is 6. The molecule has 1 aliphatic heterocycles. The van der Waals surface area contributed by atoms with Crippen LogP contribution in [0.5, 0.6) is 11.5 Å². The first-order chi connectivity index (χ1) is 13.5. The van der Waals surface area contributed by atoms with Gasteiger partial charge in [-0.05, 0) is 42.5 Å². The molecule has 3 rings (SSSR count). The molecule has 28 heavy (non-hydrogen) atoms. The fourth-order valence-corrected chi connectivity index (χ4v) is 3.40. The standard InChI is InChI=1S/C21H24N2O5/c1-15-4-3-11-22(13-15)21(24)14-28-20-10-7-17(23(25)26)12-19(20)16-5-8-18(27-2)9-6-16/h5-10,12,15H,3-4,11,13-14H2,1-2H3/t15-/m1/s1. The van der Waals surface area contributed by atoms with Crippen molar-refractivity contribution in [3.63, 3.8) is 0 Å². The highest BCUT2D eigenvalue weighted by Crippen LogP contribution is 2.34. The zero-order valence-corrected chi connectivity index (χ0v) is 16.1. The van der Waals surface area contributed by atoms with Crippen molar-refractivity contribution in [2.75, 3.05) is 26.8 Å². The SMILES string of the molecule is COc1ccc(-c2cc([N+](=O)[O-])ccc2OCC(=O)N2CCC[C@@H](C)C2)cc1. The van der Waals surface area contributed by atoms with Crippen molar-refractivity contribution >= 4 is 11.6 Å². The number of methoxy groups -OCH3 is 1. The molecule has 7 nitrogen and oxygen atoms in total. The Morgan fingerprint density at radius 3 is 2.64 bits per heavy atom. The Morgan fingerprint density at radius 2 is 2.00 bits per heavy atom. The van der Waals surface area contributed by atoms with Gasteiger partial charge in [0.2, 0.25) is 0 Å². The van der Waals surface area contributed by atoms with Gasteiger partial charge in [-0.25, -0.2) is 0 Å². The van der Waals surface area contributed by atoms with Gasteiger partial charge in [-0.3, -0.25) is 14.9 Å². The van der Waals surface area contributed by atoms with E-state index >= 15 is 0 Å². The van der Waals surface area contributed by atoms with E-state index in [4.69, 9.17) is 9.47 Å². The molecule has 1 amide bonds. The molecule has 148 valence electrons. The summed E-state index contributed by atoms with van der Waals surface area (Å²) in [6.45, 7) is 3.54. The summed E-state index contributed by atoms with van der Waals surface area (Å²) in [6, 6.07) is 11.6. The second kappa shape index (κ2) is 8.73. The lowest BCUT2D eigenvalue weighted by atomic mass is 10.0. The van der Waals surface area contributed by atoms with Crippen LogP contribution in [0.4, 0.5) is 5.69 Å². The number of piperidine rings is 1. The summed E-state index contributed by atoms with van der Waals surface area (Å²) in [5.74, 6) is 1.55. The third-order valence-corrected chi connectivity index (χ3v) is 4.94. The maximum Gasteiger partial charge on any atom is 0.270 e. The van der Waals surface area contributed by atoms with Gasteiger partial charge in [-0.1, -0.05) is 19.1 Å². The van der Waals surface area contributed by atoms with E-state index in [0.29, 0.717) is 23.0 Å². The van der Waals surface area contributed by atoms with Crippen molar-refractivity contribution in [1.29, 1.82) is 0 Å². The zero-order chi connectivity index (χ0) is 20.1. The van der Waals surface area contributed by atoms with Gasteiger partial charge in [-0.15, -0.1) is 0 Å². The monoisotopic (exact) mass is 384 g/mol. The Kier molecular flexibility index (Phi) is 6.13. The van der Waals surface area contributed by atoms with Crippen molar-refractivity contribution in [3.8, 4) is 22.6 Å². The van der Waals surface area contributed by atoms with Crippen molar-refractivity contribution < 1.29 is 19.2 Å². The number of carbonyl (C=O) groups excluding carboxylic acids is 1. The Balaban J connectivity index is 1.81. The van der Waals surface area contributed by atoms with E-state index in [-0.39, 0.29) is 18.2 Å². The van der Waals surface area contributed by atoms with Gasteiger partial charge in [0.1, 0.15) is 11.5 Å². The quantitative estimate of drug-likeness (QED) is 0.557. The highest BCUT2D eigenvalue weighted by atomic mass is 16.6. The normalized spacial score (nSPS) is 16.5. The molecule has 7 heteroatoms. The summed E-state index contributed by atoms with van der Waals surface area (Å²) in [7, 11) is 1.57. The minimum absolute atomic E-state index is 0.0330. The highest BCUT2D eigenvalue weighted by molar-refractivity contribution is 5.79. The van der Waals surface area contributed by atoms with E-state index in [1.165, 1.54) is 12.1 Å². The molecular weight excluding hydrogens is 360 g/mol. The lowest BCUT2D eigenvalue weighted by molar-refractivity contribution is -0.384. The second-order valence-electron chi connectivity index (χ2n) is 7.04. The molecule has 1 heterocycles. The fourth-order valence-electron chi connectivity index (χ4n) is 3.40. The van der Waals surface area contributed by atoms with Crippen LogP contribution in [0.15, 0.2) is 42.5 Å². The Bertz CT molecular complexity index is 850. The number of nitro groups is 1. The average Bonchev–Trinajstić information content (AvgIpc) is 2.72. The number of hydrogen-bond acceptors (Lipinski definition) is 5. The van der Waals surface area contributed by atoms with E-state index in [9.17, 15) is 14.9 Å². The first-order valence-electron chi connectivity index (χ1n) is 9.31. The Labute approximate surface area is 164 Å². The van der Waals surface area contributed by atoms with Crippen LogP contribution in [-0.4, -0.2) is 42.5 Å². The molecule has 0 bridgehead atoms. The largest absolute Gasteiger partial charge is 0.497 e. The molecule has 0 aromatic heterocycles. The van der Waals surface area contributed by atoms with Crippen molar-refractivity contribution in [2.24, 2.45) is 5.92 Å². The summed E-state index contributed by atoms with van der Waals surface area (Å²) < 4.78 is 11.0. The van der Waals surface area contributed by atoms with E-state index in [0.717, 1.165) is 31.5 Å². The molecule has 0 saturated carbocycles. The van der Waals surface area contributed by atoms with E-state index < -0.39 is 4.92 Å². The lowest BCUT2D eigenvalue weighted by Crippen LogP contribution is -2.41. The Morgan fingerprint density at radius 1 is 1.25 bits per heavy atom. The number of carbonyl (C=O) groups is 1. The lowest BCUT2D eigenvalue weighted by Gasteiger charge is -2.30. The first-order valence-corrected chi connectivity index (χ1v) is 9.31. The van der Waals surface area contributed by atoms with Crippen LogP contribution in [0.3, 0.4) is 0 Å². The van der Waals surface area contributed by atoms with E-state index in [1.54, 1.807) is 37.4 Å². The number of nitrogens with zero attached hydrogens (tertiary/aromatic N) is 2. The molecule has 2 aromatic rings. The van der Waals surface area contributed by atoms with Gasteiger partial charge in [-0.2, -0.15) is 0 Å². The van der Waals surface area contributed by atoms with Crippen LogP contribution in [0.25, 0.3) is 11.1 Å². The predicted octanol–water partition coefficient (Wildman–Crippen LogP) is 3.91. The van der Waals surface area contributed by atoms with Gasteiger partial charge in [0.15, 0.2) is 6.61 Å². The smallest absolute Gasteiger partial charge is 0.270 e. The molecule has 0 radical (unpaired) electrons. The molecule has 1 saturated heterocycles. The van der Waals surface area contributed by atoms with Gasteiger partial charge in [0, 0.05) is 30.8 Å². The summed E-state index contributed by atoms with van der Waals surface area (Å²) in [5, 5.41) is 11.2. The number of hydrogen-bond donors (Lipinski definition) is 0. The van der Waals surface area contributed by atoms with Gasteiger partial charge in [0.05, 0.1) is 12.0 Å². The number of nitro benzene ring substituents is 1. The molecule has 0 N–H and O–H groups in total. The van der Waals surface area contributed by atoms with Crippen molar-refractivity contribution in [1.82, 2.24) is 4.90 Å². The third kappa shape index (κ3) is 4.60. The summed E-state index contributed by atoms with van der Waals surface area (Å²) in [6.07, 6.45) is 2.14. The summed E-state index contributed by atoms with van der Waals surface area (Å²) in [5.41, 5.74) is 1.28. The number of amides is 1. The minimum atomic E-state index is -0.447. The molecule has 0 spiro atoms. The zero-order valence-electron chi connectivity index (χ0n) is 16.1. The number of benzene rings is 2. The van der Waals surface area contributed by atoms with Gasteiger partial charge >= 0.3 is 0 Å². The van der Waals surface area contributed by atoms with Crippen LogP contribution in [-0.2, 0) is 4.79 Å². The predicted molar refractivity (Wildman–Crippen MR) is 106 cm³/mol. The van der Waals surface area contributed by atoms with Crippen LogP contribution < -0.4 is 9.47 Å². The molecule has 1 fully saturated rings. The summed E-state index contributed by atoms with van der Waals surface area (Å²) >= 11 is 0. The third-order valence-electron chi connectivity index (χ3n) is 4.94. The Hall–Kier alpha value is -3.09. The van der Waals surface area contributed by atoms with Gasteiger partial charge in [0.25, 0.3) is 11.6 Å². The number of non-ortho nitro benzene ring substituents is 1. The number of likely N-dealkylation sites (tertiary alicyclic amines) is 1. The minimum Gasteiger partial charge on any atom is -0.497 e.